The van der Waals surface area contributed by atoms with E-state index in [9.17, 15) is 8.78 Å². The van der Waals surface area contributed by atoms with Crippen LogP contribution in [0.5, 0.6) is 0 Å². The van der Waals surface area contributed by atoms with Crippen molar-refractivity contribution in [3.05, 3.63) is 77.2 Å². The SMILES string of the molecule is CC1=C(c2cnc3c4ccc(-c5c(C)nnn5C)nc4n(C(c4ccccc4)C4CCC(F)(F)CC4)c3c2)N(C)NN1. The number of aromatic nitrogens is 6. The molecule has 1 atom stereocenters. The minimum absolute atomic E-state index is 0.00141. The Morgan fingerprint density at radius 1 is 1.02 bits per heavy atom. The molecule has 42 heavy (non-hydrogen) atoms. The first-order valence-electron chi connectivity index (χ1n) is 14.3. The van der Waals surface area contributed by atoms with E-state index in [1.54, 1.807) is 4.68 Å². The third-order valence-corrected chi connectivity index (χ3v) is 8.73. The number of alkyl halides is 2. The number of allylic oxidation sites excluding steroid dienone is 1. The summed E-state index contributed by atoms with van der Waals surface area (Å²) in [4.78, 5) is 10.2. The molecule has 1 saturated carbocycles. The van der Waals surface area contributed by atoms with Gasteiger partial charge >= 0.3 is 0 Å². The van der Waals surface area contributed by atoms with Crippen LogP contribution in [0, 0.1) is 12.8 Å². The van der Waals surface area contributed by atoms with Crippen molar-refractivity contribution >= 4 is 27.8 Å². The largest absolute Gasteiger partial charge is 0.316 e. The second kappa shape index (κ2) is 9.87. The molecular weight excluding hydrogens is 536 g/mol. The Morgan fingerprint density at radius 2 is 1.79 bits per heavy atom. The molecule has 1 aliphatic carbocycles. The zero-order chi connectivity index (χ0) is 29.2. The molecule has 2 N–H and O–H groups in total. The number of rotatable bonds is 5. The molecule has 1 fully saturated rings. The van der Waals surface area contributed by atoms with Crippen LogP contribution < -0.4 is 11.0 Å². The monoisotopic (exact) mass is 569 g/mol. The summed E-state index contributed by atoms with van der Waals surface area (Å²) in [6, 6.07) is 16.2. The quantitative estimate of drug-likeness (QED) is 0.279. The van der Waals surface area contributed by atoms with Crippen molar-refractivity contribution in [2.75, 3.05) is 7.05 Å². The van der Waals surface area contributed by atoms with Gasteiger partial charge in [-0.05, 0) is 56.4 Å². The Labute approximate surface area is 242 Å². The number of hydrazine groups is 2. The first-order chi connectivity index (χ1) is 20.2. The standard InChI is InChI=1S/C31H33F2N9/c1-18-27(40(3)38-36-18)22-16-25-26(34-17-22)23-10-11-24(28-19(2)37-39-41(28)4)35-30(23)42(25)29(20-8-6-5-7-9-20)21-12-14-31(32,33)15-13-21/h5-11,16-17,21,29,36,38H,12-15H2,1-4H3. The van der Waals surface area contributed by atoms with E-state index < -0.39 is 5.92 Å². The fraction of sp³-hybridized carbons (Fsp3) is 0.355. The Morgan fingerprint density at radius 3 is 2.45 bits per heavy atom. The maximum atomic E-state index is 14.4. The normalized spacial score (nSPS) is 18.3. The highest BCUT2D eigenvalue weighted by molar-refractivity contribution is 6.05. The van der Waals surface area contributed by atoms with Gasteiger partial charge in [-0.15, -0.1) is 10.6 Å². The number of nitrogens with one attached hydrogen (secondary N) is 2. The van der Waals surface area contributed by atoms with Gasteiger partial charge in [0.05, 0.1) is 39.9 Å². The topological polar surface area (TPSA) is 88.7 Å². The highest BCUT2D eigenvalue weighted by atomic mass is 19.3. The highest BCUT2D eigenvalue weighted by Gasteiger charge is 2.39. The summed E-state index contributed by atoms with van der Waals surface area (Å²) >= 11 is 0. The Bertz CT molecular complexity index is 1810. The molecule has 0 radical (unpaired) electrons. The van der Waals surface area contributed by atoms with E-state index in [-0.39, 0.29) is 24.8 Å². The lowest BCUT2D eigenvalue weighted by Gasteiger charge is -2.35. The maximum Gasteiger partial charge on any atom is 0.248 e. The van der Waals surface area contributed by atoms with Crippen molar-refractivity contribution in [2.45, 2.75) is 51.5 Å². The first-order valence-corrected chi connectivity index (χ1v) is 14.3. The Hall–Kier alpha value is -4.38. The summed E-state index contributed by atoms with van der Waals surface area (Å²) in [7, 11) is 3.81. The maximum absolute atomic E-state index is 14.4. The molecule has 5 aromatic rings. The smallest absolute Gasteiger partial charge is 0.248 e. The molecule has 0 saturated heterocycles. The number of aryl methyl sites for hydroxylation is 2. The zero-order valence-corrected chi connectivity index (χ0v) is 24.1. The van der Waals surface area contributed by atoms with Crippen molar-refractivity contribution in [3.63, 3.8) is 0 Å². The molecule has 9 nitrogen and oxygen atoms in total. The van der Waals surface area contributed by atoms with Crippen molar-refractivity contribution < 1.29 is 8.78 Å². The Balaban J connectivity index is 1.52. The molecule has 216 valence electrons. The van der Waals surface area contributed by atoms with E-state index in [2.05, 4.69) is 50.1 Å². The third-order valence-electron chi connectivity index (χ3n) is 8.73. The van der Waals surface area contributed by atoms with E-state index in [1.807, 2.05) is 63.4 Å². The number of hydrogen-bond donors (Lipinski definition) is 2. The minimum Gasteiger partial charge on any atom is -0.316 e. The summed E-state index contributed by atoms with van der Waals surface area (Å²) in [6.07, 6.45) is 2.50. The van der Waals surface area contributed by atoms with Gasteiger partial charge in [-0.25, -0.2) is 18.4 Å². The molecule has 1 aromatic carbocycles. The van der Waals surface area contributed by atoms with E-state index in [0.717, 1.165) is 61.7 Å². The molecule has 1 aliphatic heterocycles. The summed E-state index contributed by atoms with van der Waals surface area (Å²) < 4.78 is 32.8. The van der Waals surface area contributed by atoms with Crippen LogP contribution in [-0.4, -0.2) is 47.5 Å². The Kier molecular flexibility index (Phi) is 6.23. The van der Waals surface area contributed by atoms with Crippen LogP contribution in [-0.2, 0) is 7.05 Å². The van der Waals surface area contributed by atoms with Crippen LogP contribution in [0.2, 0.25) is 0 Å². The molecule has 4 aromatic heterocycles. The van der Waals surface area contributed by atoms with Crippen LogP contribution in [0.1, 0.15) is 55.5 Å². The van der Waals surface area contributed by atoms with Gasteiger partial charge < -0.3 is 9.99 Å². The number of fused-ring (bicyclic) bond motifs is 3. The van der Waals surface area contributed by atoms with Gasteiger partial charge in [0.2, 0.25) is 5.92 Å². The predicted octanol–water partition coefficient (Wildman–Crippen LogP) is 5.75. The van der Waals surface area contributed by atoms with E-state index in [4.69, 9.17) is 9.97 Å². The van der Waals surface area contributed by atoms with Crippen LogP contribution in [0.15, 0.2) is 60.4 Å². The van der Waals surface area contributed by atoms with Gasteiger partial charge in [0, 0.05) is 44.1 Å². The summed E-state index contributed by atoms with van der Waals surface area (Å²) in [6.45, 7) is 3.93. The van der Waals surface area contributed by atoms with Crippen molar-refractivity contribution in [3.8, 4) is 11.4 Å². The average Bonchev–Trinajstić information content (AvgIpc) is 3.61. The highest BCUT2D eigenvalue weighted by Crippen LogP contribution is 2.46. The molecule has 2 aliphatic rings. The van der Waals surface area contributed by atoms with Crippen LogP contribution in [0.4, 0.5) is 8.78 Å². The number of hydrogen-bond acceptors (Lipinski definition) is 7. The number of halogens is 2. The van der Waals surface area contributed by atoms with E-state index >= 15 is 0 Å². The minimum atomic E-state index is -2.63. The molecule has 1 unspecified atom stereocenters. The number of benzene rings is 1. The van der Waals surface area contributed by atoms with Crippen LogP contribution >= 0.6 is 0 Å². The molecule has 0 spiro atoms. The lowest BCUT2D eigenvalue weighted by Crippen LogP contribution is -2.34. The third kappa shape index (κ3) is 4.30. The second-order valence-corrected chi connectivity index (χ2v) is 11.5. The van der Waals surface area contributed by atoms with Crippen molar-refractivity contribution in [1.82, 2.24) is 45.5 Å². The van der Waals surface area contributed by atoms with Crippen LogP contribution in [0.25, 0.3) is 39.2 Å². The fourth-order valence-corrected chi connectivity index (χ4v) is 6.73. The van der Waals surface area contributed by atoms with Gasteiger partial charge in [0.25, 0.3) is 0 Å². The van der Waals surface area contributed by atoms with Crippen molar-refractivity contribution in [2.24, 2.45) is 13.0 Å². The number of pyridine rings is 2. The van der Waals surface area contributed by atoms with Crippen LogP contribution in [0.3, 0.4) is 0 Å². The van der Waals surface area contributed by atoms with Gasteiger partial charge in [0.1, 0.15) is 11.3 Å². The molecule has 7 rings (SSSR count). The molecule has 5 heterocycles. The fourth-order valence-electron chi connectivity index (χ4n) is 6.73. The zero-order valence-electron chi connectivity index (χ0n) is 24.1. The molecule has 0 amide bonds. The van der Waals surface area contributed by atoms with E-state index in [1.165, 1.54) is 0 Å². The molecular formula is C31H33F2N9. The lowest BCUT2D eigenvalue weighted by atomic mass is 9.79. The summed E-state index contributed by atoms with van der Waals surface area (Å²) in [5, 5.41) is 11.3. The summed E-state index contributed by atoms with van der Waals surface area (Å²) in [5.74, 6) is -2.63. The second-order valence-electron chi connectivity index (χ2n) is 11.5. The molecule has 11 heteroatoms. The van der Waals surface area contributed by atoms with Gasteiger partial charge in [-0.3, -0.25) is 9.99 Å². The summed E-state index contributed by atoms with van der Waals surface area (Å²) in [5.41, 5.74) is 15.2. The van der Waals surface area contributed by atoms with Gasteiger partial charge in [-0.2, -0.15) is 0 Å². The lowest BCUT2D eigenvalue weighted by molar-refractivity contribution is -0.0493. The molecule has 0 bridgehead atoms. The van der Waals surface area contributed by atoms with Crippen molar-refractivity contribution in [1.29, 1.82) is 0 Å². The van der Waals surface area contributed by atoms with Gasteiger partial charge in [0.15, 0.2) is 0 Å². The van der Waals surface area contributed by atoms with Gasteiger partial charge in [-0.1, -0.05) is 35.5 Å². The number of nitrogens with zero attached hydrogens (tertiary/aromatic N) is 7. The first kappa shape index (κ1) is 26.5. The van der Waals surface area contributed by atoms with E-state index in [0.29, 0.717) is 12.8 Å². The average molecular weight is 570 g/mol. The predicted molar refractivity (Wildman–Crippen MR) is 158 cm³/mol.